The lowest BCUT2D eigenvalue weighted by Crippen LogP contribution is -3.12. The lowest BCUT2D eigenvalue weighted by molar-refractivity contribution is -0.886. The summed E-state index contributed by atoms with van der Waals surface area (Å²) in [6.07, 6.45) is 3.87. The molecule has 1 aromatic carbocycles. The van der Waals surface area contributed by atoms with Crippen molar-refractivity contribution in [2.24, 2.45) is 0 Å². The van der Waals surface area contributed by atoms with Gasteiger partial charge in [0.05, 0.1) is 12.6 Å². The fraction of sp³-hybridized carbons (Fsp3) is 0.462. The summed E-state index contributed by atoms with van der Waals surface area (Å²) in [5.41, 5.74) is 0. The van der Waals surface area contributed by atoms with E-state index in [9.17, 15) is 0 Å². The van der Waals surface area contributed by atoms with Gasteiger partial charge in [-0.25, -0.2) is 0 Å². The van der Waals surface area contributed by atoms with E-state index in [1.165, 1.54) is 30.7 Å². The molecule has 0 radical (unpaired) electrons. The lowest BCUT2D eigenvalue weighted by atomic mass is 10.0. The van der Waals surface area contributed by atoms with E-state index in [1.807, 2.05) is 30.3 Å². The molecule has 1 aliphatic rings. The zero-order chi connectivity index (χ0) is 10.5. The summed E-state index contributed by atoms with van der Waals surface area (Å²) in [7, 11) is 4.13. The van der Waals surface area contributed by atoms with Crippen molar-refractivity contribution in [3.8, 4) is 5.75 Å². The van der Waals surface area contributed by atoms with Crippen LogP contribution in [0.15, 0.2) is 30.3 Å². The fourth-order valence-electron chi connectivity index (χ4n) is 2.07. The van der Waals surface area contributed by atoms with Crippen LogP contribution >= 0.6 is 0 Å². The van der Waals surface area contributed by atoms with Gasteiger partial charge in [-0.3, -0.25) is 0 Å². The van der Waals surface area contributed by atoms with E-state index in [2.05, 4.69) is 7.05 Å². The number of nitrogens with one attached hydrogen (secondary N) is 1. The molecule has 1 fully saturated rings. The molecule has 0 aliphatic carbocycles. The van der Waals surface area contributed by atoms with Gasteiger partial charge in [-0.05, 0) is 25.0 Å². The van der Waals surface area contributed by atoms with Gasteiger partial charge in [0.1, 0.15) is 12.4 Å². The van der Waals surface area contributed by atoms with E-state index in [0.717, 1.165) is 12.4 Å². The fourth-order valence-corrected chi connectivity index (χ4v) is 2.07. The molecule has 15 heavy (non-hydrogen) atoms. The first-order chi connectivity index (χ1) is 7.36. The SMILES string of the molecule is [CH2-][NH+]1CCCCC1COc1ccccc1. The molecule has 0 amide bonds. The maximum atomic E-state index is 5.76. The third-order valence-electron chi connectivity index (χ3n) is 3.07. The van der Waals surface area contributed by atoms with Crippen molar-refractivity contribution in [3.05, 3.63) is 37.4 Å². The van der Waals surface area contributed by atoms with Crippen LogP contribution in [-0.2, 0) is 0 Å². The van der Waals surface area contributed by atoms with Crippen LogP contribution < -0.4 is 9.64 Å². The Labute approximate surface area is 91.9 Å². The number of rotatable bonds is 3. The van der Waals surface area contributed by atoms with Crippen LogP contribution in [0.5, 0.6) is 5.75 Å². The van der Waals surface area contributed by atoms with Crippen LogP contribution in [0.2, 0.25) is 0 Å². The second kappa shape index (κ2) is 5.17. The highest BCUT2D eigenvalue weighted by atomic mass is 16.5. The van der Waals surface area contributed by atoms with E-state index in [4.69, 9.17) is 4.74 Å². The lowest BCUT2D eigenvalue weighted by Gasteiger charge is -2.34. The summed E-state index contributed by atoms with van der Waals surface area (Å²) in [6.45, 7) is 1.98. The second-order valence-corrected chi connectivity index (χ2v) is 4.23. The monoisotopic (exact) mass is 205 g/mol. The van der Waals surface area contributed by atoms with Crippen molar-refractivity contribution in [1.29, 1.82) is 0 Å². The molecule has 2 unspecified atom stereocenters. The summed E-state index contributed by atoms with van der Waals surface area (Å²) < 4.78 is 5.76. The van der Waals surface area contributed by atoms with E-state index in [1.54, 1.807) is 0 Å². The maximum absolute atomic E-state index is 5.76. The molecule has 2 rings (SSSR count). The molecule has 0 spiro atoms. The number of para-hydroxylation sites is 1. The zero-order valence-electron chi connectivity index (χ0n) is 9.11. The predicted molar refractivity (Wildman–Crippen MR) is 60.8 cm³/mol. The molecule has 1 heterocycles. The smallest absolute Gasteiger partial charge is 0.138 e. The van der Waals surface area contributed by atoms with Crippen LogP contribution in [0.3, 0.4) is 0 Å². The van der Waals surface area contributed by atoms with Crippen molar-refractivity contribution in [1.82, 2.24) is 0 Å². The highest BCUT2D eigenvalue weighted by molar-refractivity contribution is 5.20. The first-order valence-electron chi connectivity index (χ1n) is 5.72. The number of piperidine rings is 1. The predicted octanol–water partition coefficient (Wildman–Crippen LogP) is 1.29. The van der Waals surface area contributed by atoms with Gasteiger partial charge in [0.15, 0.2) is 0 Å². The summed E-state index contributed by atoms with van der Waals surface area (Å²) in [6, 6.07) is 10.6. The molecule has 2 atom stereocenters. The standard InChI is InChI=1S/C13H19NO/c1-14-10-6-5-7-12(14)11-15-13-8-3-2-4-9-13/h2-4,8-9,12,14H,1,5-7,10-11H2. The van der Waals surface area contributed by atoms with Gasteiger partial charge in [0.25, 0.3) is 0 Å². The normalized spacial score (nSPS) is 26.2. The minimum Gasteiger partial charge on any atom is -0.487 e. The second-order valence-electron chi connectivity index (χ2n) is 4.23. The minimum atomic E-state index is 0.568. The van der Waals surface area contributed by atoms with E-state index in [0.29, 0.717) is 6.04 Å². The Kier molecular flexibility index (Phi) is 3.62. The molecule has 82 valence electrons. The number of hydrogen-bond acceptors (Lipinski definition) is 1. The quantitative estimate of drug-likeness (QED) is 0.734. The summed E-state index contributed by atoms with van der Waals surface area (Å²) in [5.74, 6) is 0.968. The van der Waals surface area contributed by atoms with Crippen LogP contribution in [0, 0.1) is 7.05 Å². The largest absolute Gasteiger partial charge is 0.487 e. The first kappa shape index (κ1) is 10.5. The van der Waals surface area contributed by atoms with Crippen molar-refractivity contribution < 1.29 is 9.64 Å². The number of likely N-dealkylation sites (tertiary alicyclic amines) is 1. The molecule has 2 nitrogen and oxygen atoms in total. The van der Waals surface area contributed by atoms with Gasteiger partial charge < -0.3 is 9.64 Å². The van der Waals surface area contributed by atoms with Gasteiger partial charge in [-0.2, -0.15) is 7.05 Å². The Morgan fingerprint density at radius 1 is 1.27 bits per heavy atom. The molecule has 2 heteroatoms. The van der Waals surface area contributed by atoms with Gasteiger partial charge in [-0.15, -0.1) is 0 Å². The van der Waals surface area contributed by atoms with Crippen LogP contribution in [0.4, 0.5) is 0 Å². The molecule has 1 aliphatic heterocycles. The van der Waals surface area contributed by atoms with E-state index >= 15 is 0 Å². The third kappa shape index (κ3) is 2.96. The van der Waals surface area contributed by atoms with Gasteiger partial charge in [0, 0.05) is 6.42 Å². The molecule has 0 saturated carbocycles. The highest BCUT2D eigenvalue weighted by Crippen LogP contribution is 2.10. The number of quaternary nitrogens is 1. The topological polar surface area (TPSA) is 13.7 Å². The first-order valence-corrected chi connectivity index (χ1v) is 5.72. The molecule has 0 bridgehead atoms. The molecular formula is C13H19NO. The average molecular weight is 205 g/mol. The van der Waals surface area contributed by atoms with Gasteiger partial charge in [-0.1, -0.05) is 18.2 Å². The highest BCUT2D eigenvalue weighted by Gasteiger charge is 2.19. The third-order valence-corrected chi connectivity index (χ3v) is 3.07. The summed E-state index contributed by atoms with van der Waals surface area (Å²) in [5, 5.41) is 0. The zero-order valence-corrected chi connectivity index (χ0v) is 9.11. The Bertz CT molecular complexity index is 286. The average Bonchev–Trinajstić information content (AvgIpc) is 2.29. The van der Waals surface area contributed by atoms with Crippen molar-refractivity contribution in [3.63, 3.8) is 0 Å². The Morgan fingerprint density at radius 3 is 2.80 bits per heavy atom. The Balaban J connectivity index is 1.82. The van der Waals surface area contributed by atoms with E-state index < -0.39 is 0 Å². The molecule has 1 N–H and O–H groups in total. The Hall–Kier alpha value is -1.02. The molecule has 1 aromatic rings. The van der Waals surface area contributed by atoms with Crippen molar-refractivity contribution in [2.75, 3.05) is 13.2 Å². The summed E-state index contributed by atoms with van der Waals surface area (Å²) in [4.78, 5) is 1.37. The Morgan fingerprint density at radius 2 is 2.07 bits per heavy atom. The molecular weight excluding hydrogens is 186 g/mol. The maximum Gasteiger partial charge on any atom is 0.138 e. The minimum absolute atomic E-state index is 0.568. The van der Waals surface area contributed by atoms with Crippen molar-refractivity contribution >= 4 is 0 Å². The summed E-state index contributed by atoms with van der Waals surface area (Å²) >= 11 is 0. The van der Waals surface area contributed by atoms with Crippen LogP contribution in [-0.4, -0.2) is 19.2 Å². The number of benzene rings is 1. The van der Waals surface area contributed by atoms with Crippen LogP contribution in [0.1, 0.15) is 19.3 Å². The molecule has 1 saturated heterocycles. The van der Waals surface area contributed by atoms with Crippen LogP contribution in [0.25, 0.3) is 0 Å². The van der Waals surface area contributed by atoms with Gasteiger partial charge in [0.2, 0.25) is 0 Å². The van der Waals surface area contributed by atoms with Gasteiger partial charge >= 0.3 is 0 Å². The number of ether oxygens (including phenoxy) is 1. The molecule has 0 aromatic heterocycles. The number of hydrogen-bond donors (Lipinski definition) is 1. The van der Waals surface area contributed by atoms with E-state index in [-0.39, 0.29) is 0 Å². The van der Waals surface area contributed by atoms with Crippen molar-refractivity contribution in [2.45, 2.75) is 25.3 Å².